The molecule has 2 aliphatic heterocycles. The van der Waals surface area contributed by atoms with Crippen molar-refractivity contribution >= 4 is 5.91 Å². The number of nitrogens with two attached hydrogens (primary N) is 1. The average Bonchev–Trinajstić information content (AvgIpc) is 2.47. The van der Waals surface area contributed by atoms with Crippen LogP contribution in [0.4, 0.5) is 0 Å². The van der Waals surface area contributed by atoms with Crippen LogP contribution in [0.3, 0.4) is 0 Å². The summed E-state index contributed by atoms with van der Waals surface area (Å²) < 4.78 is 0. The standard InChI is InChI=1S/C7H10N4O/c8-7(12)6-5-4(10-11-6)2-1-3-9-5/h1-2,6,9-11H,3H2,(H2,8,12). The summed E-state index contributed by atoms with van der Waals surface area (Å²) in [6.45, 7) is 0.742. The van der Waals surface area contributed by atoms with Crippen LogP contribution >= 0.6 is 0 Å². The van der Waals surface area contributed by atoms with Gasteiger partial charge >= 0.3 is 0 Å². The Bertz CT molecular complexity index is 281. The number of allylic oxidation sites excluding steroid dienone is 1. The lowest BCUT2D eigenvalue weighted by atomic mass is 10.1. The third kappa shape index (κ3) is 0.947. The van der Waals surface area contributed by atoms with E-state index in [4.69, 9.17) is 5.73 Å². The first kappa shape index (κ1) is 7.17. The van der Waals surface area contributed by atoms with Gasteiger partial charge < -0.3 is 16.5 Å². The normalized spacial score (nSPS) is 26.2. The Morgan fingerprint density at radius 1 is 1.67 bits per heavy atom. The fourth-order valence-corrected chi connectivity index (χ4v) is 1.33. The number of carbonyl (C=O) groups excluding carboxylic acids is 1. The minimum Gasteiger partial charge on any atom is -0.381 e. The molecule has 1 amide bonds. The summed E-state index contributed by atoms with van der Waals surface area (Å²) in [5.74, 6) is -0.379. The van der Waals surface area contributed by atoms with Gasteiger partial charge in [0.25, 0.3) is 0 Å². The van der Waals surface area contributed by atoms with Crippen LogP contribution in [0.5, 0.6) is 0 Å². The van der Waals surface area contributed by atoms with Crippen molar-refractivity contribution in [3.8, 4) is 0 Å². The topological polar surface area (TPSA) is 79.2 Å². The molecule has 1 atom stereocenters. The van der Waals surface area contributed by atoms with Gasteiger partial charge in [-0.1, -0.05) is 6.08 Å². The number of hydrogen-bond acceptors (Lipinski definition) is 4. The SMILES string of the molecule is NC(=O)C1NNC2=C1NCC=C2. The Balaban J connectivity index is 2.27. The predicted octanol–water partition coefficient (Wildman–Crippen LogP) is -1.68. The summed E-state index contributed by atoms with van der Waals surface area (Å²) in [7, 11) is 0. The Hall–Kier alpha value is -1.49. The smallest absolute Gasteiger partial charge is 0.242 e. The maximum absolute atomic E-state index is 10.9. The highest BCUT2D eigenvalue weighted by Crippen LogP contribution is 2.13. The van der Waals surface area contributed by atoms with Gasteiger partial charge in [0, 0.05) is 6.54 Å². The zero-order valence-corrected chi connectivity index (χ0v) is 6.42. The van der Waals surface area contributed by atoms with E-state index in [0.29, 0.717) is 0 Å². The van der Waals surface area contributed by atoms with Crippen molar-refractivity contribution in [3.63, 3.8) is 0 Å². The molecule has 1 unspecified atom stereocenters. The van der Waals surface area contributed by atoms with Gasteiger partial charge in [0.15, 0.2) is 0 Å². The second-order valence-electron chi connectivity index (χ2n) is 2.72. The molecule has 0 fully saturated rings. The Morgan fingerprint density at radius 2 is 2.50 bits per heavy atom. The first-order valence-electron chi connectivity index (χ1n) is 3.74. The van der Waals surface area contributed by atoms with Gasteiger partial charge in [-0.25, -0.2) is 5.43 Å². The van der Waals surface area contributed by atoms with E-state index >= 15 is 0 Å². The van der Waals surface area contributed by atoms with Gasteiger partial charge in [0.05, 0.1) is 11.4 Å². The molecule has 0 spiro atoms. The van der Waals surface area contributed by atoms with Gasteiger partial charge in [-0.05, 0) is 6.08 Å². The van der Waals surface area contributed by atoms with Gasteiger partial charge in [-0.3, -0.25) is 4.79 Å². The number of primary amides is 1. The van der Waals surface area contributed by atoms with Crippen molar-refractivity contribution in [2.75, 3.05) is 6.54 Å². The summed E-state index contributed by atoms with van der Waals surface area (Å²) in [5.41, 5.74) is 12.6. The molecule has 0 saturated carbocycles. The number of nitrogens with one attached hydrogen (secondary N) is 3. The molecule has 5 nitrogen and oxygen atoms in total. The van der Waals surface area contributed by atoms with Crippen LogP contribution in [0.15, 0.2) is 23.5 Å². The second-order valence-corrected chi connectivity index (χ2v) is 2.72. The first-order chi connectivity index (χ1) is 5.79. The van der Waals surface area contributed by atoms with Gasteiger partial charge in [0.1, 0.15) is 6.04 Å². The molecule has 0 aromatic rings. The molecule has 5 N–H and O–H groups in total. The molecule has 5 heteroatoms. The van der Waals surface area contributed by atoms with E-state index in [0.717, 1.165) is 17.9 Å². The third-order valence-corrected chi connectivity index (χ3v) is 1.91. The molecule has 2 rings (SSSR count). The quantitative estimate of drug-likeness (QED) is 0.375. The van der Waals surface area contributed by atoms with E-state index in [1.807, 2.05) is 12.2 Å². The molecule has 0 saturated heterocycles. The Kier molecular flexibility index (Phi) is 1.51. The molecule has 0 aromatic carbocycles. The van der Waals surface area contributed by atoms with Crippen LogP contribution < -0.4 is 21.9 Å². The largest absolute Gasteiger partial charge is 0.381 e. The lowest BCUT2D eigenvalue weighted by molar-refractivity contribution is -0.119. The minimum absolute atomic E-state index is 0.379. The van der Waals surface area contributed by atoms with E-state index < -0.39 is 6.04 Å². The highest BCUT2D eigenvalue weighted by molar-refractivity contribution is 5.84. The van der Waals surface area contributed by atoms with Crippen LogP contribution in [-0.4, -0.2) is 18.5 Å². The number of hydrogen-bond donors (Lipinski definition) is 4. The van der Waals surface area contributed by atoms with Crippen molar-refractivity contribution in [1.82, 2.24) is 16.2 Å². The van der Waals surface area contributed by atoms with E-state index in [9.17, 15) is 4.79 Å². The van der Waals surface area contributed by atoms with Crippen LogP contribution in [-0.2, 0) is 4.79 Å². The molecule has 12 heavy (non-hydrogen) atoms. The Labute approximate surface area is 69.7 Å². The lowest BCUT2D eigenvalue weighted by Crippen LogP contribution is -2.44. The zero-order valence-electron chi connectivity index (χ0n) is 6.42. The summed E-state index contributed by atoms with van der Waals surface area (Å²) in [5, 5.41) is 3.08. The Morgan fingerprint density at radius 3 is 3.25 bits per heavy atom. The summed E-state index contributed by atoms with van der Waals surface area (Å²) in [6, 6.07) is -0.426. The average molecular weight is 166 g/mol. The van der Waals surface area contributed by atoms with Crippen LogP contribution in [0.2, 0.25) is 0 Å². The second kappa shape index (κ2) is 2.53. The number of amides is 1. The molecule has 0 radical (unpaired) electrons. The summed E-state index contributed by atoms with van der Waals surface area (Å²) >= 11 is 0. The monoisotopic (exact) mass is 166 g/mol. The molecule has 2 heterocycles. The number of dihydropyridines is 1. The fraction of sp³-hybridized carbons (Fsp3) is 0.286. The molecule has 0 aromatic heterocycles. The zero-order chi connectivity index (χ0) is 8.55. The maximum atomic E-state index is 10.9. The summed E-state index contributed by atoms with van der Waals surface area (Å²) in [4.78, 5) is 10.9. The summed E-state index contributed by atoms with van der Waals surface area (Å²) in [6.07, 6.45) is 3.89. The molecule has 0 bridgehead atoms. The molecule has 0 aliphatic carbocycles. The van der Waals surface area contributed by atoms with E-state index in [1.54, 1.807) is 0 Å². The van der Waals surface area contributed by atoms with Gasteiger partial charge in [0.2, 0.25) is 5.91 Å². The van der Waals surface area contributed by atoms with Gasteiger partial charge in [-0.2, -0.15) is 0 Å². The third-order valence-electron chi connectivity index (χ3n) is 1.91. The lowest BCUT2D eigenvalue weighted by Gasteiger charge is -2.13. The van der Waals surface area contributed by atoms with E-state index in [1.165, 1.54) is 0 Å². The number of carbonyl (C=O) groups is 1. The highest BCUT2D eigenvalue weighted by atomic mass is 16.1. The fourth-order valence-electron chi connectivity index (χ4n) is 1.33. The van der Waals surface area contributed by atoms with Crippen molar-refractivity contribution in [2.24, 2.45) is 5.73 Å². The van der Waals surface area contributed by atoms with Crippen molar-refractivity contribution < 1.29 is 4.79 Å². The number of rotatable bonds is 1. The highest BCUT2D eigenvalue weighted by Gasteiger charge is 2.28. The predicted molar refractivity (Wildman–Crippen MR) is 43.4 cm³/mol. The molecule has 2 aliphatic rings. The number of hydrazine groups is 1. The van der Waals surface area contributed by atoms with Crippen molar-refractivity contribution in [1.29, 1.82) is 0 Å². The van der Waals surface area contributed by atoms with E-state index in [-0.39, 0.29) is 5.91 Å². The van der Waals surface area contributed by atoms with Crippen molar-refractivity contribution in [3.05, 3.63) is 23.5 Å². The minimum atomic E-state index is -0.426. The van der Waals surface area contributed by atoms with Gasteiger partial charge in [-0.15, -0.1) is 0 Å². The van der Waals surface area contributed by atoms with Crippen molar-refractivity contribution in [2.45, 2.75) is 6.04 Å². The van der Waals surface area contributed by atoms with E-state index in [2.05, 4.69) is 16.2 Å². The van der Waals surface area contributed by atoms with Crippen LogP contribution in [0.25, 0.3) is 0 Å². The molecular weight excluding hydrogens is 156 g/mol. The van der Waals surface area contributed by atoms with Crippen LogP contribution in [0.1, 0.15) is 0 Å². The van der Waals surface area contributed by atoms with Crippen LogP contribution in [0, 0.1) is 0 Å². The maximum Gasteiger partial charge on any atom is 0.242 e. The molecule has 64 valence electrons. The first-order valence-corrected chi connectivity index (χ1v) is 3.74. The molecular formula is C7H10N4O.